The minimum Gasteiger partial charge on any atom is -0.366 e. The Hall–Kier alpha value is -2.50. The van der Waals surface area contributed by atoms with Gasteiger partial charge in [0, 0.05) is 13.2 Å². The van der Waals surface area contributed by atoms with Crippen molar-refractivity contribution in [3.8, 4) is 11.1 Å². The summed E-state index contributed by atoms with van der Waals surface area (Å²) in [6.45, 7) is 0. The molecule has 0 spiro atoms. The number of halogens is 1. The highest BCUT2D eigenvalue weighted by Gasteiger charge is 2.12. The van der Waals surface area contributed by atoms with Gasteiger partial charge in [-0.1, -0.05) is 6.07 Å². The number of amides is 1. The van der Waals surface area contributed by atoms with Crippen molar-refractivity contribution in [3.05, 3.63) is 52.2 Å². The summed E-state index contributed by atoms with van der Waals surface area (Å²) in [7, 11) is 1.50. The minimum atomic E-state index is -0.875. The van der Waals surface area contributed by atoms with E-state index in [1.54, 1.807) is 0 Å². The van der Waals surface area contributed by atoms with E-state index in [1.807, 2.05) is 0 Å². The van der Waals surface area contributed by atoms with E-state index < -0.39 is 11.7 Å². The summed E-state index contributed by atoms with van der Waals surface area (Å²) in [6, 6.07) is 5.28. The van der Waals surface area contributed by atoms with Crippen LogP contribution in [0.4, 0.5) is 4.39 Å². The third-order valence-corrected chi connectivity index (χ3v) is 2.55. The minimum absolute atomic E-state index is 0.244. The molecule has 0 saturated carbocycles. The van der Waals surface area contributed by atoms with Crippen LogP contribution in [0.15, 0.2) is 35.3 Å². The van der Waals surface area contributed by atoms with Crippen LogP contribution < -0.4 is 11.3 Å². The fourth-order valence-corrected chi connectivity index (χ4v) is 1.61. The number of nitrogens with two attached hydrogens (primary N) is 1. The van der Waals surface area contributed by atoms with Crippen molar-refractivity contribution in [1.29, 1.82) is 0 Å². The summed E-state index contributed by atoms with van der Waals surface area (Å²) < 4.78 is 14.5. The van der Waals surface area contributed by atoms with Gasteiger partial charge in [-0.3, -0.25) is 9.59 Å². The second-order valence-electron chi connectivity index (χ2n) is 3.73. The quantitative estimate of drug-likeness (QED) is 0.847. The standard InChI is InChI=1S/C12H10FN3O2/c1-16-12(18)8(4-5-15-16)7-2-3-10(13)9(6-7)11(14)17/h2-6H,1H3,(H2,14,17). The Kier molecular flexibility index (Phi) is 2.93. The second-order valence-corrected chi connectivity index (χ2v) is 3.73. The van der Waals surface area contributed by atoms with Crippen molar-refractivity contribution in [1.82, 2.24) is 9.78 Å². The first-order valence-electron chi connectivity index (χ1n) is 5.12. The Bertz CT molecular complexity index is 679. The number of hydrogen-bond donors (Lipinski definition) is 1. The Morgan fingerprint density at radius 1 is 1.39 bits per heavy atom. The maximum Gasteiger partial charge on any atom is 0.274 e. The van der Waals surface area contributed by atoms with Gasteiger partial charge < -0.3 is 5.73 Å². The molecule has 0 aliphatic heterocycles. The fraction of sp³-hybridized carbons (Fsp3) is 0.0833. The van der Waals surface area contributed by atoms with Crippen molar-refractivity contribution < 1.29 is 9.18 Å². The number of carbonyl (C=O) groups excluding carboxylic acids is 1. The van der Waals surface area contributed by atoms with Crippen LogP contribution in [-0.2, 0) is 7.05 Å². The number of primary amides is 1. The summed E-state index contributed by atoms with van der Waals surface area (Å²) in [5.74, 6) is -1.59. The molecule has 6 heteroatoms. The lowest BCUT2D eigenvalue weighted by Crippen LogP contribution is -2.20. The molecule has 1 heterocycles. The van der Waals surface area contributed by atoms with Crippen molar-refractivity contribution in [2.45, 2.75) is 0 Å². The molecular weight excluding hydrogens is 237 g/mol. The van der Waals surface area contributed by atoms with Crippen LogP contribution in [0.25, 0.3) is 11.1 Å². The molecule has 0 unspecified atom stereocenters. The molecule has 0 radical (unpaired) electrons. The van der Waals surface area contributed by atoms with E-state index in [4.69, 9.17) is 5.73 Å². The molecule has 92 valence electrons. The number of aromatic nitrogens is 2. The van der Waals surface area contributed by atoms with E-state index >= 15 is 0 Å². The number of benzene rings is 1. The molecule has 1 amide bonds. The van der Waals surface area contributed by atoms with Gasteiger partial charge in [0.05, 0.1) is 11.1 Å². The lowest BCUT2D eigenvalue weighted by molar-refractivity contribution is 0.0996. The first-order valence-corrected chi connectivity index (χ1v) is 5.12. The summed E-state index contributed by atoms with van der Waals surface area (Å²) in [6.07, 6.45) is 1.45. The second kappa shape index (κ2) is 4.40. The van der Waals surface area contributed by atoms with Crippen LogP contribution in [0.2, 0.25) is 0 Å². The van der Waals surface area contributed by atoms with Gasteiger partial charge in [-0.15, -0.1) is 0 Å². The highest BCUT2D eigenvalue weighted by molar-refractivity contribution is 5.94. The van der Waals surface area contributed by atoms with Crippen LogP contribution in [-0.4, -0.2) is 15.7 Å². The lowest BCUT2D eigenvalue weighted by Gasteiger charge is -2.05. The monoisotopic (exact) mass is 247 g/mol. The van der Waals surface area contributed by atoms with Gasteiger partial charge in [0.25, 0.3) is 11.5 Å². The third-order valence-electron chi connectivity index (χ3n) is 2.55. The Balaban J connectivity index is 2.65. The molecule has 0 fully saturated rings. The maximum absolute atomic E-state index is 13.3. The Morgan fingerprint density at radius 2 is 2.11 bits per heavy atom. The molecule has 5 nitrogen and oxygen atoms in total. The zero-order valence-electron chi connectivity index (χ0n) is 9.55. The molecule has 2 rings (SSSR count). The van der Waals surface area contributed by atoms with E-state index in [0.29, 0.717) is 11.1 Å². The molecule has 0 aliphatic rings. The van der Waals surface area contributed by atoms with Crippen LogP contribution in [0, 0.1) is 5.82 Å². The summed E-state index contributed by atoms with van der Waals surface area (Å²) >= 11 is 0. The molecule has 2 aromatic rings. The number of nitrogens with zero attached hydrogens (tertiary/aromatic N) is 2. The van der Waals surface area contributed by atoms with Gasteiger partial charge in [0.2, 0.25) is 0 Å². The molecule has 0 bridgehead atoms. The summed E-state index contributed by atoms with van der Waals surface area (Å²) in [5, 5.41) is 3.78. The predicted octanol–water partition coefficient (Wildman–Crippen LogP) is 0.685. The number of aryl methyl sites for hydroxylation is 1. The molecular formula is C12H10FN3O2. The van der Waals surface area contributed by atoms with Crippen molar-refractivity contribution >= 4 is 5.91 Å². The highest BCUT2D eigenvalue weighted by Crippen LogP contribution is 2.18. The fourth-order valence-electron chi connectivity index (χ4n) is 1.61. The molecule has 0 saturated heterocycles. The van der Waals surface area contributed by atoms with Crippen molar-refractivity contribution in [2.75, 3.05) is 0 Å². The zero-order chi connectivity index (χ0) is 13.3. The first-order chi connectivity index (χ1) is 8.50. The first kappa shape index (κ1) is 12.0. The van der Waals surface area contributed by atoms with E-state index in [1.165, 1.54) is 31.4 Å². The Labute approximate surface area is 102 Å². The molecule has 18 heavy (non-hydrogen) atoms. The average Bonchev–Trinajstić information content (AvgIpc) is 2.33. The van der Waals surface area contributed by atoms with Gasteiger partial charge in [-0.25, -0.2) is 9.07 Å². The maximum atomic E-state index is 13.3. The molecule has 1 aromatic carbocycles. The van der Waals surface area contributed by atoms with Crippen LogP contribution >= 0.6 is 0 Å². The summed E-state index contributed by atoms with van der Waals surface area (Å²) in [4.78, 5) is 22.9. The zero-order valence-corrected chi connectivity index (χ0v) is 9.55. The number of hydrogen-bond acceptors (Lipinski definition) is 3. The number of carbonyl (C=O) groups is 1. The molecule has 2 N–H and O–H groups in total. The van der Waals surface area contributed by atoms with Gasteiger partial charge >= 0.3 is 0 Å². The van der Waals surface area contributed by atoms with Gasteiger partial charge in [0.15, 0.2) is 0 Å². The van der Waals surface area contributed by atoms with Crippen molar-refractivity contribution in [2.24, 2.45) is 12.8 Å². The van der Waals surface area contributed by atoms with Crippen LogP contribution in [0.3, 0.4) is 0 Å². The lowest BCUT2D eigenvalue weighted by atomic mass is 10.0. The van der Waals surface area contributed by atoms with E-state index in [-0.39, 0.29) is 11.1 Å². The molecule has 1 aromatic heterocycles. The smallest absolute Gasteiger partial charge is 0.274 e. The van der Waals surface area contributed by atoms with E-state index in [9.17, 15) is 14.0 Å². The highest BCUT2D eigenvalue weighted by atomic mass is 19.1. The number of rotatable bonds is 2. The van der Waals surface area contributed by atoms with Crippen LogP contribution in [0.1, 0.15) is 10.4 Å². The summed E-state index contributed by atoms with van der Waals surface area (Å²) in [5.41, 5.74) is 5.23. The molecule has 0 aliphatic carbocycles. The largest absolute Gasteiger partial charge is 0.366 e. The average molecular weight is 247 g/mol. The van der Waals surface area contributed by atoms with E-state index in [2.05, 4.69) is 5.10 Å². The van der Waals surface area contributed by atoms with Crippen molar-refractivity contribution in [3.63, 3.8) is 0 Å². The third kappa shape index (κ3) is 2.00. The van der Waals surface area contributed by atoms with Gasteiger partial charge in [-0.2, -0.15) is 5.10 Å². The predicted molar refractivity (Wildman–Crippen MR) is 63.4 cm³/mol. The van der Waals surface area contributed by atoms with Gasteiger partial charge in [-0.05, 0) is 23.8 Å². The SMILES string of the molecule is Cn1nccc(-c2ccc(F)c(C(N)=O)c2)c1=O. The van der Waals surface area contributed by atoms with Crippen LogP contribution in [0.5, 0.6) is 0 Å². The normalized spacial score (nSPS) is 10.3. The van der Waals surface area contributed by atoms with E-state index in [0.717, 1.165) is 10.7 Å². The topological polar surface area (TPSA) is 78.0 Å². The molecule has 0 atom stereocenters. The Morgan fingerprint density at radius 3 is 2.78 bits per heavy atom. The van der Waals surface area contributed by atoms with Gasteiger partial charge in [0.1, 0.15) is 5.82 Å².